The number of hydrogen-bond acceptors (Lipinski definition) is 5. The van der Waals surface area contributed by atoms with Gasteiger partial charge in [0.25, 0.3) is 0 Å². The van der Waals surface area contributed by atoms with Crippen LogP contribution in [0.1, 0.15) is 26.1 Å². The quantitative estimate of drug-likeness (QED) is 0.554. The number of H-pyrrole nitrogens is 1. The first-order chi connectivity index (χ1) is 8.06. The molecule has 0 aromatic carbocycles. The van der Waals surface area contributed by atoms with Gasteiger partial charge in [-0.05, 0) is 19.9 Å². The molecule has 0 amide bonds. The summed E-state index contributed by atoms with van der Waals surface area (Å²) in [6, 6.07) is 0. The van der Waals surface area contributed by atoms with Crippen LogP contribution in [0.3, 0.4) is 0 Å². The third-order valence-electron chi connectivity index (χ3n) is 2.29. The number of nitrogens with one attached hydrogen (secondary N) is 3. The first-order valence-corrected chi connectivity index (χ1v) is 7.14. The van der Waals surface area contributed by atoms with Crippen LogP contribution in [-0.2, 0) is 16.6 Å². The number of sulfonamides is 1. The first kappa shape index (κ1) is 14.1. The molecule has 0 spiro atoms. The summed E-state index contributed by atoms with van der Waals surface area (Å²) < 4.78 is 26.1. The SMILES string of the molecule is CCCNCC(C)S(=O)(=O)NCc1ncn[nH]1. The lowest BCUT2D eigenvalue weighted by molar-refractivity contribution is 0.555. The molecule has 7 nitrogen and oxygen atoms in total. The average Bonchev–Trinajstić information content (AvgIpc) is 2.79. The first-order valence-electron chi connectivity index (χ1n) is 5.59. The van der Waals surface area contributed by atoms with Gasteiger partial charge in [-0.1, -0.05) is 6.92 Å². The van der Waals surface area contributed by atoms with Crippen molar-refractivity contribution >= 4 is 10.0 Å². The Balaban J connectivity index is 2.39. The maximum Gasteiger partial charge on any atom is 0.215 e. The van der Waals surface area contributed by atoms with Crippen LogP contribution in [0.15, 0.2) is 6.33 Å². The maximum absolute atomic E-state index is 11.8. The van der Waals surface area contributed by atoms with Crippen molar-refractivity contribution in [2.24, 2.45) is 0 Å². The summed E-state index contributed by atoms with van der Waals surface area (Å²) in [6.07, 6.45) is 2.33. The monoisotopic (exact) mass is 261 g/mol. The molecule has 1 unspecified atom stereocenters. The van der Waals surface area contributed by atoms with Crippen molar-refractivity contribution in [1.82, 2.24) is 25.2 Å². The van der Waals surface area contributed by atoms with Crippen molar-refractivity contribution in [2.75, 3.05) is 13.1 Å². The Hall–Kier alpha value is -0.990. The van der Waals surface area contributed by atoms with Crippen molar-refractivity contribution in [3.8, 4) is 0 Å². The van der Waals surface area contributed by atoms with Crippen LogP contribution >= 0.6 is 0 Å². The van der Waals surface area contributed by atoms with Crippen molar-refractivity contribution < 1.29 is 8.42 Å². The van der Waals surface area contributed by atoms with Gasteiger partial charge in [-0.15, -0.1) is 0 Å². The molecule has 0 saturated carbocycles. The van der Waals surface area contributed by atoms with Crippen LogP contribution in [0, 0.1) is 0 Å². The minimum absolute atomic E-state index is 0.139. The molecule has 0 saturated heterocycles. The van der Waals surface area contributed by atoms with Gasteiger partial charge in [-0.3, -0.25) is 5.10 Å². The highest BCUT2D eigenvalue weighted by Crippen LogP contribution is 1.98. The number of rotatable bonds is 8. The maximum atomic E-state index is 11.8. The van der Waals surface area contributed by atoms with E-state index in [9.17, 15) is 8.42 Å². The lowest BCUT2D eigenvalue weighted by atomic mass is 10.4. The summed E-state index contributed by atoms with van der Waals surface area (Å²) in [5, 5.41) is 8.85. The molecule has 98 valence electrons. The molecule has 0 aliphatic rings. The zero-order valence-electron chi connectivity index (χ0n) is 10.1. The van der Waals surface area contributed by atoms with Crippen molar-refractivity contribution in [3.63, 3.8) is 0 Å². The fraction of sp³-hybridized carbons (Fsp3) is 0.778. The van der Waals surface area contributed by atoms with E-state index in [0.717, 1.165) is 13.0 Å². The third-order valence-corrected chi connectivity index (χ3v) is 4.07. The van der Waals surface area contributed by atoms with E-state index in [1.807, 2.05) is 6.92 Å². The second kappa shape index (κ2) is 6.67. The van der Waals surface area contributed by atoms with Crippen LogP contribution in [0.25, 0.3) is 0 Å². The Bertz CT molecular complexity index is 403. The molecule has 1 aromatic rings. The van der Waals surface area contributed by atoms with E-state index in [0.29, 0.717) is 12.4 Å². The van der Waals surface area contributed by atoms with E-state index in [4.69, 9.17) is 0 Å². The molecule has 0 radical (unpaired) electrons. The van der Waals surface area contributed by atoms with Gasteiger partial charge >= 0.3 is 0 Å². The Morgan fingerprint density at radius 2 is 2.29 bits per heavy atom. The topological polar surface area (TPSA) is 99.8 Å². The van der Waals surface area contributed by atoms with Crippen molar-refractivity contribution in [3.05, 3.63) is 12.2 Å². The zero-order chi connectivity index (χ0) is 12.7. The predicted octanol–water partition coefficient (Wildman–Crippen LogP) is -0.388. The van der Waals surface area contributed by atoms with Gasteiger partial charge in [0.15, 0.2) is 0 Å². The summed E-state index contributed by atoms with van der Waals surface area (Å²) in [6.45, 7) is 5.11. The molecule has 1 heterocycles. The summed E-state index contributed by atoms with van der Waals surface area (Å²) in [4.78, 5) is 3.84. The lowest BCUT2D eigenvalue weighted by Gasteiger charge is -2.13. The molecular weight excluding hydrogens is 242 g/mol. The summed E-state index contributed by atoms with van der Waals surface area (Å²) in [5.41, 5.74) is 0. The molecule has 0 fully saturated rings. The second-order valence-electron chi connectivity index (χ2n) is 3.81. The van der Waals surface area contributed by atoms with E-state index in [-0.39, 0.29) is 6.54 Å². The molecule has 8 heteroatoms. The summed E-state index contributed by atoms with van der Waals surface area (Å²) >= 11 is 0. The van der Waals surface area contributed by atoms with Crippen LogP contribution in [0.4, 0.5) is 0 Å². The molecule has 0 aliphatic heterocycles. The van der Waals surface area contributed by atoms with Gasteiger partial charge in [-0.25, -0.2) is 18.1 Å². The number of hydrogen-bond donors (Lipinski definition) is 3. The molecular formula is C9H19N5O2S. The normalized spacial score (nSPS) is 13.8. The fourth-order valence-electron chi connectivity index (χ4n) is 1.22. The van der Waals surface area contributed by atoms with Crippen LogP contribution in [0.5, 0.6) is 0 Å². The Kier molecular flexibility index (Phi) is 5.52. The smallest absolute Gasteiger partial charge is 0.215 e. The van der Waals surface area contributed by atoms with E-state index >= 15 is 0 Å². The number of aromatic nitrogens is 3. The minimum Gasteiger partial charge on any atom is -0.315 e. The van der Waals surface area contributed by atoms with Gasteiger partial charge < -0.3 is 5.32 Å². The zero-order valence-corrected chi connectivity index (χ0v) is 10.9. The fourth-order valence-corrected chi connectivity index (χ4v) is 2.18. The number of aromatic amines is 1. The number of nitrogens with zero attached hydrogens (tertiary/aromatic N) is 2. The van der Waals surface area contributed by atoms with E-state index in [1.165, 1.54) is 6.33 Å². The summed E-state index contributed by atoms with van der Waals surface area (Å²) in [5.74, 6) is 0.502. The average molecular weight is 261 g/mol. The standard InChI is InChI=1S/C9H19N5O2S/c1-3-4-10-5-8(2)17(15,16)13-6-9-11-7-12-14-9/h7-8,10,13H,3-6H2,1-2H3,(H,11,12,14). The minimum atomic E-state index is -3.32. The Labute approximate surface area is 101 Å². The second-order valence-corrected chi connectivity index (χ2v) is 6.00. The Morgan fingerprint density at radius 3 is 2.88 bits per heavy atom. The molecule has 1 atom stereocenters. The van der Waals surface area contributed by atoms with Crippen LogP contribution in [-0.4, -0.2) is 41.9 Å². The molecule has 0 aliphatic carbocycles. The molecule has 3 N–H and O–H groups in total. The molecule has 0 bridgehead atoms. The van der Waals surface area contributed by atoms with Crippen LogP contribution < -0.4 is 10.0 Å². The van der Waals surface area contributed by atoms with Gasteiger partial charge in [0.1, 0.15) is 12.2 Å². The molecule has 1 rings (SSSR count). The highest BCUT2D eigenvalue weighted by molar-refractivity contribution is 7.90. The highest BCUT2D eigenvalue weighted by atomic mass is 32.2. The Morgan fingerprint density at radius 1 is 1.53 bits per heavy atom. The van der Waals surface area contributed by atoms with Gasteiger partial charge in [0.2, 0.25) is 10.0 Å². The van der Waals surface area contributed by atoms with E-state index < -0.39 is 15.3 Å². The molecule has 1 aromatic heterocycles. The van der Waals surface area contributed by atoms with Crippen LogP contribution in [0.2, 0.25) is 0 Å². The molecule has 17 heavy (non-hydrogen) atoms. The van der Waals surface area contributed by atoms with Crippen molar-refractivity contribution in [2.45, 2.75) is 32.1 Å². The lowest BCUT2D eigenvalue weighted by Crippen LogP contribution is -2.39. The van der Waals surface area contributed by atoms with Gasteiger partial charge in [0, 0.05) is 6.54 Å². The summed E-state index contributed by atoms with van der Waals surface area (Å²) in [7, 11) is -3.32. The third kappa shape index (κ3) is 4.80. The van der Waals surface area contributed by atoms with Gasteiger partial charge in [0.05, 0.1) is 11.8 Å². The van der Waals surface area contributed by atoms with E-state index in [1.54, 1.807) is 6.92 Å². The van der Waals surface area contributed by atoms with Gasteiger partial charge in [-0.2, -0.15) is 5.10 Å². The predicted molar refractivity (Wildman–Crippen MR) is 64.8 cm³/mol. The largest absolute Gasteiger partial charge is 0.315 e. The highest BCUT2D eigenvalue weighted by Gasteiger charge is 2.19. The van der Waals surface area contributed by atoms with E-state index in [2.05, 4.69) is 25.2 Å². The van der Waals surface area contributed by atoms with Crippen molar-refractivity contribution in [1.29, 1.82) is 0 Å².